The Morgan fingerprint density at radius 2 is 1.95 bits per heavy atom. The van der Waals surface area contributed by atoms with Crippen LogP contribution >= 0.6 is 11.6 Å². The van der Waals surface area contributed by atoms with E-state index in [4.69, 9.17) is 16.7 Å². The first-order valence-corrected chi connectivity index (χ1v) is 6.40. The number of carboxylic acid groups (broad SMARTS) is 1. The maximum absolute atomic E-state index is 12.0. The van der Waals surface area contributed by atoms with Crippen LogP contribution in [-0.2, 0) is 9.59 Å². The molecule has 4 nitrogen and oxygen atoms in total. The fourth-order valence-electron chi connectivity index (χ4n) is 1.76. The molecule has 0 radical (unpaired) electrons. The number of rotatable bonds is 5. The lowest BCUT2D eigenvalue weighted by atomic mass is 10.2. The van der Waals surface area contributed by atoms with Crippen LogP contribution in [0, 0.1) is 0 Å². The lowest BCUT2D eigenvalue weighted by molar-refractivity contribution is -0.143. The summed E-state index contributed by atoms with van der Waals surface area (Å²) in [5.74, 6) is -1.25. The molecular weight excluding hydrogens is 266 g/mol. The van der Waals surface area contributed by atoms with E-state index in [2.05, 4.69) is 0 Å². The second-order valence-electron chi connectivity index (χ2n) is 4.48. The third kappa shape index (κ3) is 4.10. The molecule has 0 heterocycles. The highest BCUT2D eigenvalue weighted by atomic mass is 35.5. The number of nitrogens with zero attached hydrogens (tertiary/aromatic N) is 1. The summed E-state index contributed by atoms with van der Waals surface area (Å²) in [6.45, 7) is -0.242. The largest absolute Gasteiger partial charge is 0.480 e. The Balaban J connectivity index is 2.01. The second kappa shape index (κ2) is 5.89. The number of hydrogen-bond donors (Lipinski definition) is 1. The maximum atomic E-state index is 12.0. The average Bonchev–Trinajstić information content (AvgIpc) is 3.19. The number of carbonyl (C=O) groups excluding carboxylic acids is 1. The number of amides is 1. The van der Waals surface area contributed by atoms with Crippen LogP contribution in [0.5, 0.6) is 0 Å². The predicted octanol–water partition coefficient (Wildman–Crippen LogP) is 2.43. The second-order valence-corrected chi connectivity index (χ2v) is 4.91. The summed E-state index contributed by atoms with van der Waals surface area (Å²) in [4.78, 5) is 24.1. The molecule has 1 aromatic carbocycles. The molecule has 1 aromatic rings. The first-order chi connectivity index (χ1) is 9.06. The summed E-state index contributed by atoms with van der Waals surface area (Å²) >= 11 is 5.77. The molecule has 0 saturated heterocycles. The molecule has 0 bridgehead atoms. The van der Waals surface area contributed by atoms with Crippen LogP contribution < -0.4 is 0 Å². The molecule has 0 spiro atoms. The van der Waals surface area contributed by atoms with E-state index in [-0.39, 0.29) is 18.5 Å². The average molecular weight is 280 g/mol. The number of benzene rings is 1. The molecule has 19 heavy (non-hydrogen) atoms. The van der Waals surface area contributed by atoms with Crippen LogP contribution in [0.3, 0.4) is 0 Å². The molecule has 0 aromatic heterocycles. The van der Waals surface area contributed by atoms with Gasteiger partial charge < -0.3 is 10.0 Å². The normalized spacial score (nSPS) is 14.6. The summed E-state index contributed by atoms with van der Waals surface area (Å²) < 4.78 is 0. The van der Waals surface area contributed by atoms with Crippen molar-refractivity contribution in [2.24, 2.45) is 0 Å². The molecule has 100 valence electrons. The van der Waals surface area contributed by atoms with Crippen LogP contribution in [0.4, 0.5) is 0 Å². The zero-order valence-electron chi connectivity index (χ0n) is 10.3. The molecular formula is C14H14ClNO3. The van der Waals surface area contributed by atoms with Crippen molar-refractivity contribution in [2.75, 3.05) is 6.54 Å². The van der Waals surface area contributed by atoms with Gasteiger partial charge >= 0.3 is 5.97 Å². The monoisotopic (exact) mass is 279 g/mol. The van der Waals surface area contributed by atoms with Gasteiger partial charge in [-0.1, -0.05) is 23.7 Å². The summed E-state index contributed by atoms with van der Waals surface area (Å²) in [7, 11) is 0. The predicted molar refractivity (Wildman–Crippen MR) is 72.9 cm³/mol. The Hall–Kier alpha value is -1.81. The molecule has 1 saturated carbocycles. The van der Waals surface area contributed by atoms with E-state index in [1.54, 1.807) is 30.3 Å². The van der Waals surface area contributed by atoms with Crippen LogP contribution in [0.2, 0.25) is 5.02 Å². The van der Waals surface area contributed by atoms with E-state index in [1.807, 2.05) is 0 Å². The van der Waals surface area contributed by atoms with Crippen LogP contribution in [0.25, 0.3) is 6.08 Å². The van der Waals surface area contributed by atoms with Crippen LogP contribution in [-0.4, -0.2) is 34.5 Å². The van der Waals surface area contributed by atoms with E-state index in [0.717, 1.165) is 18.4 Å². The maximum Gasteiger partial charge on any atom is 0.323 e. The first-order valence-electron chi connectivity index (χ1n) is 6.02. The third-order valence-corrected chi connectivity index (χ3v) is 3.12. The minimum Gasteiger partial charge on any atom is -0.480 e. The zero-order chi connectivity index (χ0) is 13.8. The number of hydrogen-bond acceptors (Lipinski definition) is 2. The van der Waals surface area contributed by atoms with Gasteiger partial charge in [0.1, 0.15) is 6.54 Å². The van der Waals surface area contributed by atoms with Gasteiger partial charge in [-0.05, 0) is 36.6 Å². The van der Waals surface area contributed by atoms with Crippen molar-refractivity contribution in [1.82, 2.24) is 4.90 Å². The SMILES string of the molecule is O=C(O)CN(C(=O)/C=C/c1ccc(Cl)cc1)C1CC1. The molecule has 1 amide bonds. The van der Waals surface area contributed by atoms with Gasteiger partial charge in [-0.3, -0.25) is 9.59 Å². The molecule has 5 heteroatoms. The fraction of sp³-hybridized carbons (Fsp3) is 0.286. The number of aliphatic carboxylic acids is 1. The minimum atomic E-state index is -0.986. The standard InChI is InChI=1S/C14H14ClNO3/c15-11-4-1-10(2-5-11)3-8-13(17)16(9-14(18)19)12-6-7-12/h1-5,8,12H,6-7,9H2,(H,18,19)/b8-3+. The number of carboxylic acids is 1. The summed E-state index contributed by atoms with van der Waals surface area (Å²) in [6.07, 6.45) is 4.84. The highest BCUT2D eigenvalue weighted by Gasteiger charge is 2.32. The van der Waals surface area contributed by atoms with Crippen molar-refractivity contribution in [2.45, 2.75) is 18.9 Å². The van der Waals surface area contributed by atoms with Gasteiger partial charge in [0.15, 0.2) is 0 Å². The lowest BCUT2D eigenvalue weighted by Gasteiger charge is -2.17. The minimum absolute atomic E-state index is 0.0819. The number of carbonyl (C=O) groups is 2. The fourth-order valence-corrected chi connectivity index (χ4v) is 1.88. The van der Waals surface area contributed by atoms with Gasteiger partial charge in [0.2, 0.25) is 5.91 Å². The molecule has 1 fully saturated rings. The quantitative estimate of drug-likeness (QED) is 0.842. The smallest absolute Gasteiger partial charge is 0.323 e. The molecule has 0 aliphatic heterocycles. The third-order valence-electron chi connectivity index (χ3n) is 2.86. The van der Waals surface area contributed by atoms with Crippen molar-refractivity contribution in [1.29, 1.82) is 0 Å². The van der Waals surface area contributed by atoms with E-state index in [9.17, 15) is 9.59 Å². The van der Waals surface area contributed by atoms with E-state index < -0.39 is 5.97 Å². The summed E-state index contributed by atoms with van der Waals surface area (Å²) in [5.41, 5.74) is 0.851. The van der Waals surface area contributed by atoms with Gasteiger partial charge in [-0.2, -0.15) is 0 Å². The van der Waals surface area contributed by atoms with Crippen LogP contribution in [0.1, 0.15) is 18.4 Å². The summed E-state index contributed by atoms with van der Waals surface area (Å²) in [6, 6.07) is 7.15. The Labute approximate surface area is 116 Å². The van der Waals surface area contributed by atoms with E-state index >= 15 is 0 Å². The highest BCUT2D eigenvalue weighted by Crippen LogP contribution is 2.26. The van der Waals surface area contributed by atoms with Gasteiger partial charge in [0.25, 0.3) is 0 Å². The van der Waals surface area contributed by atoms with Gasteiger partial charge in [-0.25, -0.2) is 0 Å². The zero-order valence-corrected chi connectivity index (χ0v) is 11.0. The molecule has 0 atom stereocenters. The molecule has 2 rings (SSSR count). The van der Waals surface area contributed by atoms with Crippen molar-refractivity contribution >= 4 is 29.6 Å². The highest BCUT2D eigenvalue weighted by molar-refractivity contribution is 6.30. The van der Waals surface area contributed by atoms with Crippen molar-refractivity contribution in [3.63, 3.8) is 0 Å². The summed E-state index contributed by atoms with van der Waals surface area (Å²) in [5, 5.41) is 9.43. The van der Waals surface area contributed by atoms with E-state index in [0.29, 0.717) is 5.02 Å². The van der Waals surface area contributed by atoms with E-state index in [1.165, 1.54) is 11.0 Å². The molecule has 1 aliphatic carbocycles. The van der Waals surface area contributed by atoms with Gasteiger partial charge in [0.05, 0.1) is 0 Å². The Bertz CT molecular complexity index is 506. The van der Waals surface area contributed by atoms with Crippen LogP contribution in [0.15, 0.2) is 30.3 Å². The van der Waals surface area contributed by atoms with Gasteiger partial charge in [0, 0.05) is 17.1 Å². The van der Waals surface area contributed by atoms with Gasteiger partial charge in [-0.15, -0.1) is 0 Å². The Morgan fingerprint density at radius 3 is 2.47 bits per heavy atom. The van der Waals surface area contributed by atoms with Crippen molar-refractivity contribution in [3.8, 4) is 0 Å². The van der Waals surface area contributed by atoms with Crippen molar-refractivity contribution < 1.29 is 14.7 Å². The molecule has 1 N–H and O–H groups in total. The Morgan fingerprint density at radius 1 is 1.32 bits per heavy atom. The Kier molecular flexibility index (Phi) is 4.22. The van der Waals surface area contributed by atoms with Crippen molar-refractivity contribution in [3.05, 3.63) is 40.9 Å². The number of halogens is 1. The molecule has 1 aliphatic rings. The lowest BCUT2D eigenvalue weighted by Crippen LogP contribution is -2.36. The topological polar surface area (TPSA) is 57.6 Å². The first kappa shape index (κ1) is 13.6. The molecule has 0 unspecified atom stereocenters.